The number of halogens is 1. The van der Waals surface area contributed by atoms with Crippen molar-refractivity contribution in [2.45, 2.75) is 69.9 Å². The SMILES string of the molecule is O=C(NC(O)C1CCCCCC1)c1cc(-n2ccn(CC(O)COC3CCNC3)c2=O)ccc1Cl. The standard InChI is InChI=1S/C25H35ClN4O5/c26-22-8-7-18(13-21(22)24(33)28-23(32)17-5-3-1-2-4-6-17)30-12-11-29(25(30)34)15-19(31)16-35-20-9-10-27-14-20/h7-8,11-13,17,19-20,23,27,31-32H,1-6,9-10,14-16H2,(H,28,33). The summed E-state index contributed by atoms with van der Waals surface area (Å²) in [6, 6.07) is 4.75. The van der Waals surface area contributed by atoms with Crippen LogP contribution in [0.4, 0.5) is 0 Å². The first kappa shape index (κ1) is 25.9. The predicted octanol–water partition coefficient (Wildman–Crippen LogP) is 2.05. The van der Waals surface area contributed by atoms with Gasteiger partial charge in [-0.25, -0.2) is 4.79 Å². The van der Waals surface area contributed by atoms with Crippen molar-refractivity contribution in [1.82, 2.24) is 19.8 Å². The summed E-state index contributed by atoms with van der Waals surface area (Å²) in [6.07, 6.45) is 8.59. The third-order valence-electron chi connectivity index (χ3n) is 6.89. The van der Waals surface area contributed by atoms with E-state index < -0.39 is 18.2 Å². The Morgan fingerprint density at radius 1 is 1.17 bits per heavy atom. The van der Waals surface area contributed by atoms with Crippen LogP contribution in [0.3, 0.4) is 0 Å². The first-order valence-electron chi connectivity index (χ1n) is 12.5. The molecule has 4 rings (SSSR count). The third kappa shape index (κ3) is 6.74. The van der Waals surface area contributed by atoms with Crippen LogP contribution < -0.4 is 16.3 Å². The quantitative estimate of drug-likeness (QED) is 0.305. The lowest BCUT2D eigenvalue weighted by atomic mass is 9.98. The molecular weight excluding hydrogens is 472 g/mol. The highest BCUT2D eigenvalue weighted by Crippen LogP contribution is 2.26. The maximum absolute atomic E-state index is 12.9. The minimum atomic E-state index is -0.937. The van der Waals surface area contributed by atoms with Gasteiger partial charge in [0.2, 0.25) is 0 Å². The first-order chi connectivity index (χ1) is 16.9. The molecule has 1 saturated carbocycles. The molecule has 2 heterocycles. The summed E-state index contributed by atoms with van der Waals surface area (Å²) in [5, 5.41) is 27.0. The molecule has 2 aromatic rings. The molecule has 2 fully saturated rings. The average Bonchev–Trinajstić information content (AvgIpc) is 3.39. The fourth-order valence-corrected chi connectivity index (χ4v) is 5.04. The van der Waals surface area contributed by atoms with Crippen molar-refractivity contribution in [1.29, 1.82) is 0 Å². The van der Waals surface area contributed by atoms with Crippen molar-refractivity contribution in [2.24, 2.45) is 5.92 Å². The van der Waals surface area contributed by atoms with Gasteiger partial charge >= 0.3 is 5.69 Å². The van der Waals surface area contributed by atoms with Crippen molar-refractivity contribution in [2.75, 3.05) is 19.7 Å². The van der Waals surface area contributed by atoms with Crippen LogP contribution in [0.15, 0.2) is 35.4 Å². The number of nitrogens with zero attached hydrogens (tertiary/aromatic N) is 2. The van der Waals surface area contributed by atoms with Crippen LogP contribution in [0.1, 0.15) is 55.3 Å². The Bertz CT molecular complexity index is 1040. The Labute approximate surface area is 210 Å². The van der Waals surface area contributed by atoms with Crippen molar-refractivity contribution >= 4 is 17.5 Å². The smallest absolute Gasteiger partial charge is 0.332 e. The number of aromatic nitrogens is 2. The van der Waals surface area contributed by atoms with Gasteiger partial charge in [0.25, 0.3) is 5.91 Å². The molecule has 0 bridgehead atoms. The van der Waals surface area contributed by atoms with Gasteiger partial charge in [0.05, 0.1) is 41.6 Å². The highest BCUT2D eigenvalue weighted by Gasteiger charge is 2.24. The fourth-order valence-electron chi connectivity index (χ4n) is 4.84. The molecule has 1 aliphatic heterocycles. The molecule has 1 aromatic heterocycles. The number of aliphatic hydroxyl groups is 2. The lowest BCUT2D eigenvalue weighted by molar-refractivity contribution is -0.00721. The number of hydrogen-bond acceptors (Lipinski definition) is 6. The number of amides is 1. The summed E-state index contributed by atoms with van der Waals surface area (Å²) < 4.78 is 8.49. The maximum Gasteiger partial charge on any atom is 0.332 e. The van der Waals surface area contributed by atoms with Crippen molar-refractivity contribution in [3.63, 3.8) is 0 Å². The van der Waals surface area contributed by atoms with Gasteiger partial charge in [-0.05, 0) is 44.0 Å². The lowest BCUT2D eigenvalue weighted by Gasteiger charge is -2.22. The molecule has 0 radical (unpaired) electrons. The molecule has 1 saturated heterocycles. The number of hydrogen-bond donors (Lipinski definition) is 4. The molecule has 2 aliphatic rings. The number of benzene rings is 1. The molecule has 192 valence electrons. The Kier molecular flexibility index (Phi) is 9.02. The monoisotopic (exact) mass is 506 g/mol. The van der Waals surface area contributed by atoms with Gasteiger partial charge < -0.3 is 25.6 Å². The van der Waals surface area contributed by atoms with Crippen molar-refractivity contribution < 1.29 is 19.7 Å². The molecule has 10 heteroatoms. The van der Waals surface area contributed by atoms with Crippen molar-refractivity contribution in [3.05, 3.63) is 51.7 Å². The second-order valence-corrected chi connectivity index (χ2v) is 9.95. The van der Waals surface area contributed by atoms with E-state index >= 15 is 0 Å². The Morgan fingerprint density at radius 2 is 1.94 bits per heavy atom. The Balaban J connectivity index is 1.41. The van der Waals surface area contributed by atoms with Gasteiger partial charge in [-0.3, -0.25) is 13.9 Å². The first-order valence-corrected chi connectivity index (χ1v) is 12.9. The molecule has 1 amide bonds. The van der Waals surface area contributed by atoms with E-state index in [0.717, 1.165) is 58.0 Å². The summed E-state index contributed by atoms with van der Waals surface area (Å²) in [6.45, 7) is 1.93. The van der Waals surface area contributed by atoms with Gasteiger partial charge in [0.15, 0.2) is 0 Å². The van der Waals surface area contributed by atoms with E-state index in [2.05, 4.69) is 10.6 Å². The van der Waals surface area contributed by atoms with E-state index in [0.29, 0.717) is 5.69 Å². The van der Waals surface area contributed by atoms with E-state index in [-0.39, 0.29) is 41.4 Å². The number of rotatable bonds is 9. The highest BCUT2D eigenvalue weighted by molar-refractivity contribution is 6.33. The molecule has 1 aliphatic carbocycles. The largest absolute Gasteiger partial charge is 0.389 e. The topological polar surface area (TPSA) is 118 Å². The van der Waals surface area contributed by atoms with E-state index in [1.807, 2.05) is 0 Å². The summed E-state index contributed by atoms with van der Waals surface area (Å²) in [5.74, 6) is -0.449. The van der Waals surface area contributed by atoms with Crippen LogP contribution in [0, 0.1) is 5.92 Å². The molecule has 3 atom stereocenters. The zero-order chi connectivity index (χ0) is 24.8. The summed E-state index contributed by atoms with van der Waals surface area (Å²) in [7, 11) is 0. The molecule has 4 N–H and O–H groups in total. The molecular formula is C25H35ClN4O5. The third-order valence-corrected chi connectivity index (χ3v) is 7.22. The maximum atomic E-state index is 12.9. The van der Waals surface area contributed by atoms with E-state index in [4.69, 9.17) is 16.3 Å². The predicted molar refractivity (Wildman–Crippen MR) is 133 cm³/mol. The number of nitrogens with one attached hydrogen (secondary N) is 2. The second-order valence-electron chi connectivity index (χ2n) is 9.54. The molecule has 0 spiro atoms. The van der Waals surface area contributed by atoms with Crippen LogP contribution in [0.2, 0.25) is 5.02 Å². The second kappa shape index (κ2) is 12.2. The van der Waals surface area contributed by atoms with Crippen LogP contribution in [0.5, 0.6) is 0 Å². The number of aliphatic hydroxyl groups excluding tert-OH is 2. The summed E-state index contributed by atoms with van der Waals surface area (Å²) in [5.41, 5.74) is 0.309. The minimum absolute atomic E-state index is 0.0281. The van der Waals surface area contributed by atoms with Crippen LogP contribution in [0.25, 0.3) is 5.69 Å². The number of carbonyl (C=O) groups is 1. The fraction of sp³-hybridized carbons (Fsp3) is 0.600. The minimum Gasteiger partial charge on any atom is -0.389 e. The summed E-state index contributed by atoms with van der Waals surface area (Å²) >= 11 is 6.29. The highest BCUT2D eigenvalue weighted by atomic mass is 35.5. The molecule has 9 nitrogen and oxygen atoms in total. The van der Waals surface area contributed by atoms with Gasteiger partial charge in [0.1, 0.15) is 6.23 Å². The number of ether oxygens (including phenoxy) is 1. The molecule has 35 heavy (non-hydrogen) atoms. The van der Waals surface area contributed by atoms with E-state index in [1.165, 1.54) is 15.2 Å². The Morgan fingerprint density at radius 3 is 2.66 bits per heavy atom. The zero-order valence-corrected chi connectivity index (χ0v) is 20.6. The zero-order valence-electron chi connectivity index (χ0n) is 19.9. The van der Waals surface area contributed by atoms with Crippen molar-refractivity contribution in [3.8, 4) is 5.69 Å². The van der Waals surface area contributed by atoms with E-state index in [1.54, 1.807) is 24.5 Å². The van der Waals surface area contributed by atoms with Gasteiger partial charge in [-0.2, -0.15) is 0 Å². The van der Waals surface area contributed by atoms with E-state index in [9.17, 15) is 19.8 Å². The van der Waals surface area contributed by atoms with Crippen LogP contribution >= 0.6 is 11.6 Å². The van der Waals surface area contributed by atoms with Crippen LogP contribution in [-0.4, -0.2) is 63.4 Å². The normalized spacial score (nSPS) is 20.9. The van der Waals surface area contributed by atoms with Crippen LogP contribution in [-0.2, 0) is 11.3 Å². The lowest BCUT2D eigenvalue weighted by Crippen LogP contribution is -2.40. The molecule has 1 aromatic carbocycles. The number of carbonyl (C=O) groups excluding carboxylic acids is 1. The summed E-state index contributed by atoms with van der Waals surface area (Å²) in [4.78, 5) is 25.8. The van der Waals surface area contributed by atoms with Gasteiger partial charge in [-0.1, -0.05) is 37.3 Å². The Hall–Kier alpha value is -2.17. The van der Waals surface area contributed by atoms with Gasteiger partial charge in [-0.15, -0.1) is 0 Å². The average molecular weight is 507 g/mol. The molecule has 3 unspecified atom stereocenters. The van der Waals surface area contributed by atoms with Gasteiger partial charge in [0, 0.05) is 24.9 Å². The number of imidazole rings is 1.